The molecule has 0 atom stereocenters. The van der Waals surface area contributed by atoms with Crippen LogP contribution in [0.2, 0.25) is 0 Å². The van der Waals surface area contributed by atoms with E-state index in [2.05, 4.69) is 31.9 Å². The van der Waals surface area contributed by atoms with E-state index >= 15 is 0 Å². The summed E-state index contributed by atoms with van der Waals surface area (Å²) in [5.74, 6) is -0.567. The highest BCUT2D eigenvalue weighted by atomic mass is 79.9. The molecule has 0 saturated heterocycles. The first-order valence-electron chi connectivity index (χ1n) is 5.25. The Kier molecular flexibility index (Phi) is 4.65. The zero-order valence-corrected chi connectivity index (χ0v) is 13.6. The Labute approximate surface area is 131 Å². The lowest BCUT2D eigenvalue weighted by Gasteiger charge is -2.08. The molecule has 0 radical (unpaired) electrons. The normalized spacial score (nSPS) is 10.5. The van der Waals surface area contributed by atoms with Crippen LogP contribution in [0.5, 0.6) is 0 Å². The number of nitrogens with two attached hydrogens (primary N) is 1. The van der Waals surface area contributed by atoms with E-state index in [1.165, 1.54) is 11.8 Å². The van der Waals surface area contributed by atoms with Gasteiger partial charge in [-0.05, 0) is 46.3 Å². The maximum absolute atomic E-state index is 14.2. The molecule has 2 rings (SSSR count). The van der Waals surface area contributed by atoms with Crippen molar-refractivity contribution in [2.45, 2.75) is 9.79 Å². The molecule has 0 unspecified atom stereocenters. The van der Waals surface area contributed by atoms with Crippen LogP contribution in [0.25, 0.3) is 0 Å². The standard InChI is InChI=1S/C13H9Br2FN2S/c14-7-2-1-3-8(6-7)19-10-5-4-9(13(17)18)11(15)12(10)16/h1-6H,(H3,17,18). The van der Waals surface area contributed by atoms with Crippen LogP contribution in [-0.4, -0.2) is 5.84 Å². The molecule has 0 heterocycles. The monoisotopic (exact) mass is 402 g/mol. The Morgan fingerprint density at radius 1 is 1.21 bits per heavy atom. The van der Waals surface area contributed by atoms with Crippen LogP contribution in [0, 0.1) is 11.2 Å². The fraction of sp³-hybridized carbons (Fsp3) is 0. The lowest BCUT2D eigenvalue weighted by atomic mass is 10.2. The van der Waals surface area contributed by atoms with E-state index in [0.717, 1.165) is 9.37 Å². The van der Waals surface area contributed by atoms with E-state index in [1.54, 1.807) is 12.1 Å². The quantitative estimate of drug-likeness (QED) is 0.571. The zero-order chi connectivity index (χ0) is 14.0. The minimum atomic E-state index is -0.405. The van der Waals surface area contributed by atoms with Gasteiger partial charge in [-0.3, -0.25) is 5.41 Å². The predicted octanol–water partition coefficient (Wildman–Crippen LogP) is 4.79. The summed E-state index contributed by atoms with van der Waals surface area (Å²) in [6.45, 7) is 0. The lowest BCUT2D eigenvalue weighted by molar-refractivity contribution is 0.594. The van der Waals surface area contributed by atoms with Gasteiger partial charge in [-0.25, -0.2) is 4.39 Å². The second kappa shape index (κ2) is 6.07. The van der Waals surface area contributed by atoms with Crippen LogP contribution in [-0.2, 0) is 0 Å². The van der Waals surface area contributed by atoms with Gasteiger partial charge < -0.3 is 5.73 Å². The van der Waals surface area contributed by atoms with Gasteiger partial charge in [0.05, 0.1) is 4.47 Å². The molecule has 19 heavy (non-hydrogen) atoms. The molecule has 2 aromatic rings. The number of halogens is 3. The van der Waals surface area contributed by atoms with E-state index in [1.807, 2.05) is 24.3 Å². The van der Waals surface area contributed by atoms with Crippen molar-refractivity contribution in [1.82, 2.24) is 0 Å². The first kappa shape index (κ1) is 14.6. The summed E-state index contributed by atoms with van der Waals surface area (Å²) < 4.78 is 15.3. The summed E-state index contributed by atoms with van der Waals surface area (Å²) in [4.78, 5) is 1.41. The topological polar surface area (TPSA) is 49.9 Å². The number of hydrogen-bond donors (Lipinski definition) is 2. The molecule has 2 aromatic carbocycles. The molecule has 0 saturated carbocycles. The fourth-order valence-electron chi connectivity index (χ4n) is 1.48. The molecule has 98 valence electrons. The van der Waals surface area contributed by atoms with E-state index in [-0.39, 0.29) is 10.3 Å². The van der Waals surface area contributed by atoms with Crippen molar-refractivity contribution in [3.63, 3.8) is 0 Å². The molecule has 0 aliphatic rings. The molecular formula is C13H9Br2FN2S. The summed E-state index contributed by atoms with van der Waals surface area (Å²) in [5.41, 5.74) is 5.74. The summed E-state index contributed by atoms with van der Waals surface area (Å²) in [5, 5.41) is 7.36. The number of benzene rings is 2. The average molecular weight is 404 g/mol. The van der Waals surface area contributed by atoms with Crippen LogP contribution in [0.1, 0.15) is 5.56 Å². The van der Waals surface area contributed by atoms with Gasteiger partial charge in [0.2, 0.25) is 0 Å². The SMILES string of the molecule is N=C(N)c1ccc(Sc2cccc(Br)c2)c(F)c1Br. The van der Waals surface area contributed by atoms with Crippen LogP contribution >= 0.6 is 43.6 Å². The molecule has 0 aromatic heterocycles. The van der Waals surface area contributed by atoms with E-state index < -0.39 is 5.82 Å². The van der Waals surface area contributed by atoms with Crippen LogP contribution in [0.4, 0.5) is 4.39 Å². The summed E-state index contributed by atoms with van der Waals surface area (Å²) in [6.07, 6.45) is 0. The smallest absolute Gasteiger partial charge is 0.152 e. The maximum atomic E-state index is 14.2. The van der Waals surface area contributed by atoms with Crippen molar-refractivity contribution in [2.24, 2.45) is 5.73 Å². The first-order chi connectivity index (χ1) is 8.99. The molecule has 0 aliphatic heterocycles. The Morgan fingerprint density at radius 2 is 1.95 bits per heavy atom. The largest absolute Gasteiger partial charge is 0.384 e. The molecule has 3 N–H and O–H groups in total. The molecular weight excluding hydrogens is 395 g/mol. The molecule has 2 nitrogen and oxygen atoms in total. The predicted molar refractivity (Wildman–Crippen MR) is 83.4 cm³/mol. The molecule has 6 heteroatoms. The Hall–Kier alpha value is -0.850. The first-order valence-corrected chi connectivity index (χ1v) is 7.65. The number of nitrogen functional groups attached to an aromatic ring is 1. The summed E-state index contributed by atoms with van der Waals surface area (Å²) in [7, 11) is 0. The van der Waals surface area contributed by atoms with Gasteiger partial charge in [-0.1, -0.05) is 33.8 Å². The van der Waals surface area contributed by atoms with E-state index in [0.29, 0.717) is 10.5 Å². The van der Waals surface area contributed by atoms with Crippen LogP contribution < -0.4 is 5.73 Å². The Bertz CT molecular complexity index is 647. The zero-order valence-electron chi connectivity index (χ0n) is 9.58. The van der Waals surface area contributed by atoms with Crippen molar-refractivity contribution in [3.05, 3.63) is 56.7 Å². The number of rotatable bonds is 3. The minimum absolute atomic E-state index is 0.162. The van der Waals surface area contributed by atoms with Crippen molar-refractivity contribution in [1.29, 1.82) is 5.41 Å². The molecule has 0 bridgehead atoms. The second-order valence-corrected chi connectivity index (χ2v) is 6.54. The van der Waals surface area contributed by atoms with Gasteiger partial charge in [0.15, 0.2) is 5.82 Å². The van der Waals surface area contributed by atoms with Gasteiger partial charge in [-0.2, -0.15) is 0 Å². The van der Waals surface area contributed by atoms with Crippen molar-refractivity contribution < 1.29 is 4.39 Å². The summed E-state index contributed by atoms with van der Waals surface area (Å²) in [6, 6.07) is 10.9. The highest BCUT2D eigenvalue weighted by molar-refractivity contribution is 9.10. The molecule has 0 aliphatic carbocycles. The van der Waals surface area contributed by atoms with Gasteiger partial charge in [0.25, 0.3) is 0 Å². The van der Waals surface area contributed by atoms with Crippen molar-refractivity contribution in [3.8, 4) is 0 Å². The molecule has 0 spiro atoms. The Morgan fingerprint density at radius 3 is 2.58 bits per heavy atom. The van der Waals surface area contributed by atoms with Crippen LogP contribution in [0.3, 0.4) is 0 Å². The van der Waals surface area contributed by atoms with Gasteiger partial charge >= 0.3 is 0 Å². The number of amidine groups is 1. The van der Waals surface area contributed by atoms with Gasteiger partial charge in [0.1, 0.15) is 5.84 Å². The number of nitrogens with one attached hydrogen (secondary N) is 1. The third-order valence-corrected chi connectivity index (χ3v) is 4.65. The maximum Gasteiger partial charge on any atom is 0.152 e. The number of hydrogen-bond acceptors (Lipinski definition) is 2. The fourth-order valence-corrected chi connectivity index (χ4v) is 3.63. The van der Waals surface area contributed by atoms with Gasteiger partial charge in [-0.15, -0.1) is 0 Å². The second-order valence-electron chi connectivity index (χ2n) is 3.71. The minimum Gasteiger partial charge on any atom is -0.384 e. The van der Waals surface area contributed by atoms with Crippen molar-refractivity contribution >= 4 is 49.5 Å². The third kappa shape index (κ3) is 3.38. The molecule has 0 fully saturated rings. The highest BCUT2D eigenvalue weighted by Gasteiger charge is 2.13. The van der Waals surface area contributed by atoms with Crippen LogP contribution in [0.15, 0.2) is 55.1 Å². The molecule has 0 amide bonds. The highest BCUT2D eigenvalue weighted by Crippen LogP contribution is 2.35. The third-order valence-electron chi connectivity index (χ3n) is 2.36. The van der Waals surface area contributed by atoms with E-state index in [9.17, 15) is 4.39 Å². The lowest BCUT2D eigenvalue weighted by Crippen LogP contribution is -2.12. The van der Waals surface area contributed by atoms with Gasteiger partial charge in [0, 0.05) is 19.8 Å². The van der Waals surface area contributed by atoms with Crippen molar-refractivity contribution in [2.75, 3.05) is 0 Å². The average Bonchev–Trinajstić information content (AvgIpc) is 2.35. The van der Waals surface area contributed by atoms with E-state index in [4.69, 9.17) is 11.1 Å². The summed E-state index contributed by atoms with van der Waals surface area (Å²) >= 11 is 7.84. The Balaban J connectivity index is 2.37.